The smallest absolute Gasteiger partial charge is 0.240 e. The quantitative estimate of drug-likeness (QED) is 0.873. The largest absolute Gasteiger partial charge is 0.489 e. The number of carbonyl (C=O) groups excluding carboxylic acids is 1. The summed E-state index contributed by atoms with van der Waals surface area (Å²) < 4.78 is 16.5. The van der Waals surface area contributed by atoms with E-state index in [-0.39, 0.29) is 5.91 Å². The van der Waals surface area contributed by atoms with Crippen LogP contribution in [0.15, 0.2) is 12.1 Å². The number of nitrogens with two attached hydrogens (primary N) is 1. The average Bonchev–Trinajstić information content (AvgIpc) is 2.79. The normalized spacial score (nSPS) is 19.7. The van der Waals surface area contributed by atoms with E-state index >= 15 is 0 Å². The first-order valence-electron chi connectivity index (χ1n) is 7.81. The number of amides is 1. The van der Waals surface area contributed by atoms with Crippen LogP contribution in [0, 0.1) is 0 Å². The molecule has 0 aromatic heterocycles. The highest BCUT2D eigenvalue weighted by Gasteiger charge is 2.35. The summed E-state index contributed by atoms with van der Waals surface area (Å²) in [4.78, 5) is 12.3. The maximum atomic E-state index is 12.3. The zero-order chi connectivity index (χ0) is 16.3. The van der Waals surface area contributed by atoms with Crippen LogP contribution in [0.1, 0.15) is 24.8 Å². The Morgan fingerprint density at radius 1 is 1.22 bits per heavy atom. The van der Waals surface area contributed by atoms with E-state index in [1.807, 2.05) is 6.07 Å². The van der Waals surface area contributed by atoms with Crippen LogP contribution >= 0.6 is 11.6 Å². The lowest BCUT2D eigenvalue weighted by Crippen LogP contribution is -2.56. The number of halogens is 1. The maximum Gasteiger partial charge on any atom is 0.240 e. The molecule has 0 unspecified atom stereocenters. The molecule has 1 saturated heterocycles. The molecule has 3 N–H and O–H groups in total. The van der Waals surface area contributed by atoms with E-state index in [4.69, 9.17) is 31.5 Å². The minimum absolute atomic E-state index is 0.163. The number of ether oxygens (including phenoxy) is 3. The van der Waals surface area contributed by atoms with Gasteiger partial charge in [0.15, 0.2) is 11.5 Å². The lowest BCUT2D eigenvalue weighted by molar-refractivity contribution is -0.129. The lowest BCUT2D eigenvalue weighted by Gasteiger charge is -2.31. The summed E-state index contributed by atoms with van der Waals surface area (Å²) in [6.45, 7) is 2.54. The Morgan fingerprint density at radius 2 is 1.96 bits per heavy atom. The maximum absolute atomic E-state index is 12.3. The first kappa shape index (κ1) is 16.4. The summed E-state index contributed by atoms with van der Waals surface area (Å²) in [5, 5.41) is 3.37. The number of carbonyl (C=O) groups is 1. The highest BCUT2D eigenvalue weighted by molar-refractivity contribution is 6.32. The fourth-order valence-corrected chi connectivity index (χ4v) is 3.00. The summed E-state index contributed by atoms with van der Waals surface area (Å²) in [5.74, 6) is 1.02. The van der Waals surface area contributed by atoms with Crippen molar-refractivity contribution in [1.82, 2.24) is 5.32 Å². The van der Waals surface area contributed by atoms with Crippen molar-refractivity contribution in [3.63, 3.8) is 0 Å². The van der Waals surface area contributed by atoms with Gasteiger partial charge in [-0.3, -0.25) is 4.79 Å². The van der Waals surface area contributed by atoms with Crippen molar-refractivity contribution in [2.45, 2.75) is 31.3 Å². The predicted molar refractivity (Wildman–Crippen MR) is 85.9 cm³/mol. The summed E-state index contributed by atoms with van der Waals surface area (Å²) >= 11 is 6.25. The van der Waals surface area contributed by atoms with E-state index in [0.717, 1.165) is 12.0 Å². The highest BCUT2D eigenvalue weighted by atomic mass is 35.5. The third-order valence-corrected chi connectivity index (χ3v) is 4.43. The molecular weight excluding hydrogens is 320 g/mol. The predicted octanol–water partition coefficient (Wildman–Crippen LogP) is 1.63. The molecule has 3 rings (SSSR count). The van der Waals surface area contributed by atoms with Crippen LogP contribution in [0.25, 0.3) is 0 Å². The van der Waals surface area contributed by atoms with Crippen molar-refractivity contribution in [2.75, 3.05) is 26.4 Å². The summed E-state index contributed by atoms with van der Waals surface area (Å²) in [5.41, 5.74) is 6.16. The van der Waals surface area contributed by atoms with E-state index < -0.39 is 5.54 Å². The second-order valence-electron chi connectivity index (χ2n) is 5.91. The molecule has 2 heterocycles. The van der Waals surface area contributed by atoms with Gasteiger partial charge in [0, 0.05) is 26.2 Å². The van der Waals surface area contributed by atoms with Gasteiger partial charge in [-0.05, 0) is 30.5 Å². The first-order chi connectivity index (χ1) is 11.1. The van der Waals surface area contributed by atoms with Gasteiger partial charge in [0.25, 0.3) is 0 Å². The summed E-state index contributed by atoms with van der Waals surface area (Å²) in [7, 11) is 0. The Bertz CT molecular complexity index is 588. The average molecular weight is 341 g/mol. The fourth-order valence-electron chi connectivity index (χ4n) is 2.71. The minimum Gasteiger partial charge on any atom is -0.489 e. The van der Waals surface area contributed by atoms with Gasteiger partial charge >= 0.3 is 0 Å². The van der Waals surface area contributed by atoms with E-state index in [1.54, 1.807) is 6.07 Å². The van der Waals surface area contributed by atoms with Gasteiger partial charge in [0.2, 0.25) is 5.91 Å². The molecular formula is C16H21ClN2O4. The van der Waals surface area contributed by atoms with Gasteiger partial charge in [-0.15, -0.1) is 0 Å². The van der Waals surface area contributed by atoms with Crippen LogP contribution < -0.4 is 20.5 Å². The third kappa shape index (κ3) is 3.71. The van der Waals surface area contributed by atoms with E-state index in [9.17, 15) is 4.79 Å². The topological polar surface area (TPSA) is 82.8 Å². The molecule has 2 aliphatic rings. The van der Waals surface area contributed by atoms with E-state index in [1.165, 1.54) is 0 Å². The SMILES string of the molecule is NC1(C(=O)NCc2cc(Cl)c3c(c2)OCCCO3)CCOCC1. The fraction of sp³-hybridized carbons (Fsp3) is 0.562. The van der Waals surface area contributed by atoms with Crippen LogP contribution in [-0.2, 0) is 16.1 Å². The van der Waals surface area contributed by atoms with Gasteiger partial charge < -0.3 is 25.3 Å². The molecule has 0 radical (unpaired) electrons. The first-order valence-corrected chi connectivity index (χ1v) is 8.19. The zero-order valence-corrected chi connectivity index (χ0v) is 13.7. The molecule has 0 saturated carbocycles. The Kier molecular flexibility index (Phi) is 4.94. The Balaban J connectivity index is 1.67. The lowest BCUT2D eigenvalue weighted by atomic mass is 9.90. The zero-order valence-electron chi connectivity index (χ0n) is 12.9. The number of nitrogens with one attached hydrogen (secondary N) is 1. The standard InChI is InChI=1S/C16H21ClN2O4/c17-12-8-11(9-13-14(12)23-5-1-4-22-13)10-19-15(20)16(18)2-6-21-7-3-16/h8-9H,1-7,10,18H2,(H,19,20). The highest BCUT2D eigenvalue weighted by Crippen LogP contribution is 2.38. The van der Waals surface area contributed by atoms with Gasteiger partial charge in [0.05, 0.1) is 23.8 Å². The molecule has 23 heavy (non-hydrogen) atoms. The molecule has 1 fully saturated rings. The summed E-state index contributed by atoms with van der Waals surface area (Å²) in [6, 6.07) is 3.63. The molecule has 1 aromatic rings. The molecule has 0 spiro atoms. The van der Waals surface area contributed by atoms with Crippen LogP contribution in [0.3, 0.4) is 0 Å². The van der Waals surface area contributed by atoms with Gasteiger partial charge in [-0.1, -0.05) is 11.6 Å². The van der Waals surface area contributed by atoms with Crippen LogP contribution in [0.5, 0.6) is 11.5 Å². The Morgan fingerprint density at radius 3 is 2.74 bits per heavy atom. The number of rotatable bonds is 3. The monoisotopic (exact) mass is 340 g/mol. The molecule has 0 atom stereocenters. The van der Waals surface area contributed by atoms with Crippen LogP contribution in [-0.4, -0.2) is 37.9 Å². The Labute approximate surface area is 140 Å². The van der Waals surface area contributed by atoms with Crippen molar-refractivity contribution in [2.24, 2.45) is 5.73 Å². The van der Waals surface area contributed by atoms with Gasteiger partial charge in [0.1, 0.15) is 0 Å². The number of benzene rings is 1. The van der Waals surface area contributed by atoms with E-state index in [0.29, 0.717) is 62.3 Å². The minimum atomic E-state index is -0.854. The number of hydrogen-bond donors (Lipinski definition) is 2. The Hall–Kier alpha value is -1.50. The molecule has 2 aliphatic heterocycles. The number of fused-ring (bicyclic) bond motifs is 1. The summed E-state index contributed by atoms with van der Waals surface area (Å²) in [6.07, 6.45) is 1.87. The third-order valence-electron chi connectivity index (χ3n) is 4.15. The molecule has 0 bridgehead atoms. The molecule has 6 nitrogen and oxygen atoms in total. The molecule has 7 heteroatoms. The van der Waals surface area contributed by atoms with Crippen LogP contribution in [0.2, 0.25) is 5.02 Å². The second-order valence-corrected chi connectivity index (χ2v) is 6.31. The molecule has 0 aliphatic carbocycles. The van der Waals surface area contributed by atoms with Crippen molar-refractivity contribution < 1.29 is 19.0 Å². The van der Waals surface area contributed by atoms with Crippen molar-refractivity contribution in [3.8, 4) is 11.5 Å². The second kappa shape index (κ2) is 6.95. The van der Waals surface area contributed by atoms with Crippen LogP contribution in [0.4, 0.5) is 0 Å². The van der Waals surface area contributed by atoms with E-state index in [2.05, 4.69) is 5.32 Å². The van der Waals surface area contributed by atoms with Crippen molar-refractivity contribution >= 4 is 17.5 Å². The molecule has 1 amide bonds. The number of hydrogen-bond acceptors (Lipinski definition) is 5. The van der Waals surface area contributed by atoms with Crippen molar-refractivity contribution in [3.05, 3.63) is 22.7 Å². The molecule has 1 aromatic carbocycles. The van der Waals surface area contributed by atoms with Gasteiger partial charge in [-0.2, -0.15) is 0 Å². The molecule has 126 valence electrons. The van der Waals surface area contributed by atoms with Gasteiger partial charge in [-0.25, -0.2) is 0 Å². The van der Waals surface area contributed by atoms with Crippen molar-refractivity contribution in [1.29, 1.82) is 0 Å².